The van der Waals surface area contributed by atoms with Crippen molar-refractivity contribution in [2.24, 2.45) is 0 Å². The molecule has 1 aromatic carbocycles. The lowest BCUT2D eigenvalue weighted by molar-refractivity contribution is -0.138. The minimum Gasteiger partial charge on any atom is -0.481 e. The number of hydrogen-bond donors (Lipinski definition) is 1. The summed E-state index contributed by atoms with van der Waals surface area (Å²) < 4.78 is 0. The lowest BCUT2D eigenvalue weighted by atomic mass is 9.99. The third-order valence-electron chi connectivity index (χ3n) is 2.47. The van der Waals surface area contributed by atoms with Crippen LogP contribution in [0.5, 0.6) is 0 Å². The van der Waals surface area contributed by atoms with Gasteiger partial charge >= 0.3 is 5.97 Å². The maximum atomic E-state index is 10.8. The van der Waals surface area contributed by atoms with Crippen LogP contribution in [0.25, 0.3) is 0 Å². The molecule has 0 saturated heterocycles. The standard InChI is InChI=1S/C12H15ClO2/c1-3-4-9-5-6-10(7-11(9)13)8(2)12(14)15/h5-8H,3-4H2,1-2H3,(H,14,15). The molecule has 0 aliphatic heterocycles. The second kappa shape index (κ2) is 5.17. The number of carbonyl (C=O) groups is 1. The first-order valence-electron chi connectivity index (χ1n) is 5.07. The van der Waals surface area contributed by atoms with Crippen LogP contribution in [0, 0.1) is 0 Å². The number of carboxylic acid groups (broad SMARTS) is 1. The Kier molecular flexibility index (Phi) is 4.15. The zero-order valence-corrected chi connectivity index (χ0v) is 9.71. The van der Waals surface area contributed by atoms with Gasteiger partial charge in [0.15, 0.2) is 0 Å². The molecule has 1 aromatic rings. The van der Waals surface area contributed by atoms with Gasteiger partial charge in [0, 0.05) is 5.02 Å². The lowest BCUT2D eigenvalue weighted by Crippen LogP contribution is -2.07. The van der Waals surface area contributed by atoms with Gasteiger partial charge in [0.2, 0.25) is 0 Å². The van der Waals surface area contributed by atoms with Crippen LogP contribution >= 0.6 is 11.6 Å². The Morgan fingerprint density at radius 2 is 2.20 bits per heavy atom. The van der Waals surface area contributed by atoms with Gasteiger partial charge in [-0.3, -0.25) is 4.79 Å². The highest BCUT2D eigenvalue weighted by Gasteiger charge is 2.14. The van der Waals surface area contributed by atoms with Gasteiger partial charge in [0.05, 0.1) is 5.92 Å². The second-order valence-electron chi connectivity index (χ2n) is 3.66. The van der Waals surface area contributed by atoms with Crippen LogP contribution < -0.4 is 0 Å². The van der Waals surface area contributed by atoms with E-state index < -0.39 is 11.9 Å². The molecule has 1 N–H and O–H groups in total. The van der Waals surface area contributed by atoms with Crippen molar-refractivity contribution in [1.29, 1.82) is 0 Å². The summed E-state index contributed by atoms with van der Waals surface area (Å²) in [5.74, 6) is -1.33. The predicted molar refractivity (Wildman–Crippen MR) is 61.5 cm³/mol. The summed E-state index contributed by atoms with van der Waals surface area (Å²) in [6.45, 7) is 3.75. The van der Waals surface area contributed by atoms with E-state index in [1.54, 1.807) is 13.0 Å². The van der Waals surface area contributed by atoms with E-state index in [1.807, 2.05) is 12.1 Å². The first-order chi connectivity index (χ1) is 7.06. The fraction of sp³-hybridized carbons (Fsp3) is 0.417. The van der Waals surface area contributed by atoms with Gasteiger partial charge in [-0.25, -0.2) is 0 Å². The Bertz CT molecular complexity index is 361. The van der Waals surface area contributed by atoms with Gasteiger partial charge in [-0.2, -0.15) is 0 Å². The average Bonchev–Trinajstić information content (AvgIpc) is 2.20. The van der Waals surface area contributed by atoms with Crippen molar-refractivity contribution < 1.29 is 9.90 Å². The fourth-order valence-electron chi connectivity index (χ4n) is 1.45. The van der Waals surface area contributed by atoms with Crippen molar-refractivity contribution in [2.45, 2.75) is 32.6 Å². The van der Waals surface area contributed by atoms with Crippen LogP contribution in [0.15, 0.2) is 18.2 Å². The second-order valence-corrected chi connectivity index (χ2v) is 4.07. The first-order valence-corrected chi connectivity index (χ1v) is 5.45. The van der Waals surface area contributed by atoms with E-state index in [2.05, 4.69) is 6.92 Å². The van der Waals surface area contributed by atoms with Gasteiger partial charge in [-0.1, -0.05) is 37.1 Å². The number of rotatable bonds is 4. The molecular weight excluding hydrogens is 212 g/mol. The number of aryl methyl sites for hydroxylation is 1. The molecule has 1 rings (SSSR count). The zero-order valence-electron chi connectivity index (χ0n) is 8.96. The van der Waals surface area contributed by atoms with Crippen molar-refractivity contribution in [3.8, 4) is 0 Å². The van der Waals surface area contributed by atoms with Gasteiger partial charge in [0.1, 0.15) is 0 Å². The van der Waals surface area contributed by atoms with Crippen LogP contribution in [0.1, 0.15) is 37.3 Å². The Morgan fingerprint density at radius 3 is 2.67 bits per heavy atom. The SMILES string of the molecule is CCCc1ccc(C(C)C(=O)O)cc1Cl. The average molecular weight is 227 g/mol. The molecule has 15 heavy (non-hydrogen) atoms. The van der Waals surface area contributed by atoms with Crippen LogP contribution in [0.4, 0.5) is 0 Å². The number of halogens is 1. The maximum absolute atomic E-state index is 10.8. The molecule has 0 amide bonds. The third-order valence-corrected chi connectivity index (χ3v) is 2.82. The fourth-order valence-corrected chi connectivity index (χ4v) is 1.73. The quantitative estimate of drug-likeness (QED) is 0.854. The highest BCUT2D eigenvalue weighted by Crippen LogP contribution is 2.24. The number of benzene rings is 1. The molecule has 0 aliphatic rings. The monoisotopic (exact) mass is 226 g/mol. The van der Waals surface area contributed by atoms with Crippen LogP contribution in [-0.2, 0) is 11.2 Å². The Labute approximate surface area is 94.9 Å². The number of hydrogen-bond acceptors (Lipinski definition) is 1. The summed E-state index contributed by atoms with van der Waals surface area (Å²) in [5.41, 5.74) is 1.84. The van der Waals surface area contributed by atoms with E-state index in [1.165, 1.54) is 0 Å². The summed E-state index contributed by atoms with van der Waals surface area (Å²) >= 11 is 6.06. The van der Waals surface area contributed by atoms with E-state index in [0.29, 0.717) is 5.02 Å². The number of carboxylic acids is 1. The van der Waals surface area contributed by atoms with Crippen LogP contribution in [0.2, 0.25) is 5.02 Å². The van der Waals surface area contributed by atoms with Crippen LogP contribution in [-0.4, -0.2) is 11.1 Å². The summed E-state index contributed by atoms with van der Waals surface area (Å²) in [5, 5.41) is 9.52. The van der Waals surface area contributed by atoms with Crippen LogP contribution in [0.3, 0.4) is 0 Å². The van der Waals surface area contributed by atoms with Gasteiger partial charge in [-0.05, 0) is 30.5 Å². The normalized spacial score (nSPS) is 12.5. The van der Waals surface area contributed by atoms with Crippen molar-refractivity contribution >= 4 is 17.6 Å². The van der Waals surface area contributed by atoms with E-state index in [-0.39, 0.29) is 0 Å². The molecule has 0 saturated carbocycles. The van der Waals surface area contributed by atoms with E-state index in [9.17, 15) is 4.79 Å². The Balaban J connectivity index is 2.95. The minimum atomic E-state index is -0.825. The molecule has 1 atom stereocenters. The van der Waals surface area contributed by atoms with E-state index >= 15 is 0 Å². The van der Waals surface area contributed by atoms with Crippen molar-refractivity contribution in [3.05, 3.63) is 34.3 Å². The molecule has 0 fully saturated rings. The summed E-state index contributed by atoms with van der Waals surface area (Å²) in [6.07, 6.45) is 1.97. The predicted octanol–water partition coefficient (Wildman–Crippen LogP) is 3.48. The molecule has 0 spiro atoms. The zero-order chi connectivity index (χ0) is 11.4. The summed E-state index contributed by atoms with van der Waals surface area (Å²) in [7, 11) is 0. The molecule has 0 aliphatic carbocycles. The molecule has 82 valence electrons. The molecule has 0 bridgehead atoms. The highest BCUT2D eigenvalue weighted by atomic mass is 35.5. The van der Waals surface area contributed by atoms with E-state index in [0.717, 1.165) is 24.0 Å². The first kappa shape index (κ1) is 12.1. The van der Waals surface area contributed by atoms with Gasteiger partial charge in [-0.15, -0.1) is 0 Å². The molecular formula is C12H15ClO2. The summed E-state index contributed by atoms with van der Waals surface area (Å²) in [4.78, 5) is 10.8. The molecule has 2 nitrogen and oxygen atoms in total. The Morgan fingerprint density at radius 1 is 1.53 bits per heavy atom. The van der Waals surface area contributed by atoms with E-state index in [4.69, 9.17) is 16.7 Å². The van der Waals surface area contributed by atoms with Crippen molar-refractivity contribution in [1.82, 2.24) is 0 Å². The molecule has 0 aromatic heterocycles. The molecule has 0 radical (unpaired) electrons. The van der Waals surface area contributed by atoms with Crippen molar-refractivity contribution in [3.63, 3.8) is 0 Å². The highest BCUT2D eigenvalue weighted by molar-refractivity contribution is 6.31. The minimum absolute atomic E-state index is 0.502. The topological polar surface area (TPSA) is 37.3 Å². The van der Waals surface area contributed by atoms with Gasteiger partial charge in [0.25, 0.3) is 0 Å². The Hall–Kier alpha value is -1.02. The molecule has 1 unspecified atom stereocenters. The maximum Gasteiger partial charge on any atom is 0.310 e. The van der Waals surface area contributed by atoms with Crippen molar-refractivity contribution in [2.75, 3.05) is 0 Å². The smallest absolute Gasteiger partial charge is 0.310 e. The van der Waals surface area contributed by atoms with Gasteiger partial charge < -0.3 is 5.11 Å². The largest absolute Gasteiger partial charge is 0.481 e. The molecule has 0 heterocycles. The third kappa shape index (κ3) is 2.96. The summed E-state index contributed by atoms with van der Waals surface area (Å²) in [6, 6.07) is 5.52. The number of aliphatic carboxylic acids is 1. The lowest BCUT2D eigenvalue weighted by Gasteiger charge is -2.09. The molecule has 3 heteroatoms.